The van der Waals surface area contributed by atoms with Crippen LogP contribution in [0.1, 0.15) is 44.2 Å². The maximum absolute atomic E-state index is 12.8. The van der Waals surface area contributed by atoms with Crippen molar-refractivity contribution in [1.29, 1.82) is 0 Å². The topological polar surface area (TPSA) is 58.2 Å². The molecule has 2 amide bonds. The average molecular weight is 278 g/mol. The fraction of sp³-hybridized carbons (Fsp3) is 0.467. The molecular weight excluding hydrogens is 259 g/mol. The predicted octanol–water partition coefficient (Wildman–Crippen LogP) is 2.06. The monoisotopic (exact) mass is 278 g/mol. The fourth-order valence-corrected chi connectivity index (χ4v) is 2.42. The van der Waals surface area contributed by atoms with Crippen molar-refractivity contribution < 1.29 is 14.0 Å². The number of benzene rings is 1. The number of hydrogen-bond acceptors (Lipinski definition) is 2. The summed E-state index contributed by atoms with van der Waals surface area (Å²) in [6.45, 7) is 1.76. The highest BCUT2D eigenvalue weighted by atomic mass is 19.1. The molecule has 1 aromatic carbocycles. The zero-order valence-corrected chi connectivity index (χ0v) is 11.5. The number of rotatable bonds is 3. The molecule has 2 N–H and O–H groups in total. The molecule has 1 saturated carbocycles. The van der Waals surface area contributed by atoms with Crippen molar-refractivity contribution in [3.05, 3.63) is 35.6 Å². The Labute approximate surface area is 117 Å². The molecule has 0 bridgehead atoms. The first kappa shape index (κ1) is 14.5. The van der Waals surface area contributed by atoms with Crippen LogP contribution in [-0.2, 0) is 9.59 Å². The second-order valence-corrected chi connectivity index (χ2v) is 5.20. The van der Waals surface area contributed by atoms with Crippen LogP contribution < -0.4 is 10.6 Å². The maximum Gasteiger partial charge on any atom is 0.309 e. The van der Waals surface area contributed by atoms with Crippen LogP contribution in [-0.4, -0.2) is 17.9 Å². The van der Waals surface area contributed by atoms with E-state index in [9.17, 15) is 14.0 Å². The SMILES string of the molecule is CC(NC(=O)C(=O)NC1CCCC1)c1ccc(F)cc1. The summed E-state index contributed by atoms with van der Waals surface area (Å²) in [5.41, 5.74) is 0.758. The van der Waals surface area contributed by atoms with E-state index in [0.29, 0.717) is 0 Å². The Hall–Kier alpha value is -1.91. The number of halogens is 1. The lowest BCUT2D eigenvalue weighted by molar-refractivity contribution is -0.140. The third-order valence-electron chi connectivity index (χ3n) is 3.61. The Balaban J connectivity index is 1.86. The van der Waals surface area contributed by atoms with E-state index in [2.05, 4.69) is 10.6 Å². The normalized spacial score (nSPS) is 16.7. The Kier molecular flexibility index (Phi) is 4.71. The second kappa shape index (κ2) is 6.50. The zero-order chi connectivity index (χ0) is 14.5. The van der Waals surface area contributed by atoms with Crippen molar-refractivity contribution in [2.45, 2.75) is 44.7 Å². The number of carbonyl (C=O) groups is 2. The van der Waals surface area contributed by atoms with Crippen LogP contribution in [0.15, 0.2) is 24.3 Å². The second-order valence-electron chi connectivity index (χ2n) is 5.20. The lowest BCUT2D eigenvalue weighted by atomic mass is 10.1. The molecule has 1 aliphatic carbocycles. The van der Waals surface area contributed by atoms with Gasteiger partial charge in [-0.05, 0) is 37.5 Å². The van der Waals surface area contributed by atoms with E-state index in [1.165, 1.54) is 12.1 Å². The van der Waals surface area contributed by atoms with Crippen LogP contribution in [0.2, 0.25) is 0 Å². The summed E-state index contributed by atoms with van der Waals surface area (Å²) < 4.78 is 12.8. The molecule has 20 heavy (non-hydrogen) atoms. The van der Waals surface area contributed by atoms with Crippen LogP contribution in [0, 0.1) is 5.82 Å². The van der Waals surface area contributed by atoms with Gasteiger partial charge in [0.1, 0.15) is 5.82 Å². The Morgan fingerprint density at radius 2 is 1.75 bits per heavy atom. The lowest BCUT2D eigenvalue weighted by Crippen LogP contribution is -2.44. The van der Waals surface area contributed by atoms with E-state index in [0.717, 1.165) is 31.2 Å². The van der Waals surface area contributed by atoms with Crippen LogP contribution in [0.5, 0.6) is 0 Å². The van der Waals surface area contributed by atoms with Crippen LogP contribution >= 0.6 is 0 Å². The molecule has 5 heteroatoms. The number of carbonyl (C=O) groups excluding carboxylic acids is 2. The number of nitrogens with one attached hydrogen (secondary N) is 2. The van der Waals surface area contributed by atoms with Gasteiger partial charge in [0.2, 0.25) is 0 Å². The molecule has 4 nitrogen and oxygen atoms in total. The molecule has 0 aromatic heterocycles. The van der Waals surface area contributed by atoms with Crippen molar-refractivity contribution in [1.82, 2.24) is 10.6 Å². The Morgan fingerprint density at radius 1 is 1.15 bits per heavy atom. The number of amides is 2. The van der Waals surface area contributed by atoms with E-state index in [-0.39, 0.29) is 17.9 Å². The average Bonchev–Trinajstić information content (AvgIpc) is 2.92. The van der Waals surface area contributed by atoms with Gasteiger partial charge in [-0.25, -0.2) is 4.39 Å². The zero-order valence-electron chi connectivity index (χ0n) is 11.5. The standard InChI is InChI=1S/C15H19FN2O2/c1-10(11-6-8-12(16)9-7-11)17-14(19)15(20)18-13-4-2-3-5-13/h6-10,13H,2-5H2,1H3,(H,17,19)(H,18,20). The van der Waals surface area contributed by atoms with Gasteiger partial charge in [0.25, 0.3) is 0 Å². The molecule has 1 unspecified atom stereocenters. The van der Waals surface area contributed by atoms with Gasteiger partial charge >= 0.3 is 11.8 Å². The largest absolute Gasteiger partial charge is 0.345 e. The van der Waals surface area contributed by atoms with Gasteiger partial charge in [-0.1, -0.05) is 25.0 Å². The first-order valence-electron chi connectivity index (χ1n) is 6.93. The molecule has 1 atom stereocenters. The van der Waals surface area contributed by atoms with Crippen LogP contribution in [0.4, 0.5) is 4.39 Å². The van der Waals surface area contributed by atoms with Crippen LogP contribution in [0.25, 0.3) is 0 Å². The quantitative estimate of drug-likeness (QED) is 0.831. The molecule has 1 aromatic rings. The van der Waals surface area contributed by atoms with Gasteiger partial charge in [-0.15, -0.1) is 0 Å². The summed E-state index contributed by atoms with van der Waals surface area (Å²) in [5.74, 6) is -1.56. The van der Waals surface area contributed by atoms with Crippen LogP contribution in [0.3, 0.4) is 0 Å². The summed E-state index contributed by atoms with van der Waals surface area (Å²) in [6.07, 6.45) is 4.07. The van der Waals surface area contributed by atoms with Crippen molar-refractivity contribution in [2.75, 3.05) is 0 Å². The van der Waals surface area contributed by atoms with E-state index in [1.54, 1.807) is 19.1 Å². The van der Waals surface area contributed by atoms with Crippen molar-refractivity contribution >= 4 is 11.8 Å². The van der Waals surface area contributed by atoms with E-state index >= 15 is 0 Å². The molecule has 0 aliphatic heterocycles. The minimum Gasteiger partial charge on any atom is -0.345 e. The molecule has 1 fully saturated rings. The molecule has 2 rings (SSSR count). The maximum atomic E-state index is 12.8. The summed E-state index contributed by atoms with van der Waals surface area (Å²) in [6, 6.07) is 5.63. The van der Waals surface area contributed by atoms with Gasteiger partial charge in [0.05, 0.1) is 6.04 Å². The molecule has 108 valence electrons. The highest BCUT2D eigenvalue weighted by Crippen LogP contribution is 2.17. The van der Waals surface area contributed by atoms with Gasteiger partial charge < -0.3 is 10.6 Å². The summed E-state index contributed by atoms with van der Waals surface area (Å²) in [7, 11) is 0. The first-order chi connectivity index (χ1) is 9.56. The van der Waals surface area contributed by atoms with Gasteiger partial charge in [-0.3, -0.25) is 9.59 Å². The van der Waals surface area contributed by atoms with Gasteiger partial charge in [0, 0.05) is 6.04 Å². The molecule has 1 aliphatic rings. The van der Waals surface area contributed by atoms with Gasteiger partial charge in [-0.2, -0.15) is 0 Å². The minimum atomic E-state index is -0.645. The molecule has 0 heterocycles. The first-order valence-corrected chi connectivity index (χ1v) is 6.93. The van der Waals surface area contributed by atoms with Crippen molar-refractivity contribution in [3.8, 4) is 0 Å². The predicted molar refractivity (Wildman–Crippen MR) is 73.4 cm³/mol. The highest BCUT2D eigenvalue weighted by Gasteiger charge is 2.22. The number of hydrogen-bond donors (Lipinski definition) is 2. The van der Waals surface area contributed by atoms with E-state index in [4.69, 9.17) is 0 Å². The minimum absolute atomic E-state index is 0.120. The molecular formula is C15H19FN2O2. The highest BCUT2D eigenvalue weighted by molar-refractivity contribution is 6.35. The van der Waals surface area contributed by atoms with Crippen molar-refractivity contribution in [3.63, 3.8) is 0 Å². The summed E-state index contributed by atoms with van der Waals surface area (Å²) >= 11 is 0. The molecule has 0 saturated heterocycles. The summed E-state index contributed by atoms with van der Waals surface area (Å²) in [4.78, 5) is 23.5. The van der Waals surface area contributed by atoms with Crippen molar-refractivity contribution in [2.24, 2.45) is 0 Å². The third-order valence-corrected chi connectivity index (χ3v) is 3.61. The Bertz CT molecular complexity index is 481. The lowest BCUT2D eigenvalue weighted by Gasteiger charge is -2.16. The Morgan fingerprint density at radius 3 is 2.35 bits per heavy atom. The third kappa shape index (κ3) is 3.79. The van der Waals surface area contributed by atoms with E-state index in [1.807, 2.05) is 0 Å². The van der Waals surface area contributed by atoms with E-state index < -0.39 is 11.8 Å². The van der Waals surface area contributed by atoms with Gasteiger partial charge in [0.15, 0.2) is 0 Å². The summed E-state index contributed by atoms with van der Waals surface area (Å²) in [5, 5.41) is 5.35. The smallest absolute Gasteiger partial charge is 0.309 e. The molecule has 0 radical (unpaired) electrons. The molecule has 0 spiro atoms. The fourth-order valence-electron chi connectivity index (χ4n) is 2.42.